The Morgan fingerprint density at radius 1 is 1.25 bits per heavy atom. The monoisotopic (exact) mass is 336 g/mol. The van der Waals surface area contributed by atoms with Crippen molar-refractivity contribution in [3.63, 3.8) is 0 Å². The number of hydrogen-bond donors (Lipinski definition) is 2. The number of halogens is 2. The summed E-state index contributed by atoms with van der Waals surface area (Å²) in [7, 11) is 0. The van der Waals surface area contributed by atoms with Gasteiger partial charge in [-0.25, -0.2) is 4.39 Å². The zero-order chi connectivity index (χ0) is 14.7. The molecule has 0 bridgehead atoms. The molecule has 0 aliphatic carbocycles. The summed E-state index contributed by atoms with van der Waals surface area (Å²) in [6, 6.07) is 11.1. The van der Waals surface area contributed by atoms with E-state index >= 15 is 0 Å². The standard InChI is InChI=1S/C15H14BrFN2O/c1-9-2-5-11(6-3-9)19-14(15(18)20)12-7-4-10(16)8-13(12)17/h2-8,14,19H,1H3,(H2,18,20). The van der Waals surface area contributed by atoms with Crippen molar-refractivity contribution in [1.29, 1.82) is 0 Å². The highest BCUT2D eigenvalue weighted by Gasteiger charge is 2.21. The third-order valence-electron chi connectivity index (χ3n) is 2.92. The van der Waals surface area contributed by atoms with Crippen LogP contribution in [0.15, 0.2) is 46.9 Å². The maximum absolute atomic E-state index is 13.9. The van der Waals surface area contributed by atoms with Crippen molar-refractivity contribution in [3.8, 4) is 0 Å². The predicted molar refractivity (Wildman–Crippen MR) is 80.8 cm³/mol. The molecule has 2 rings (SSSR count). The van der Waals surface area contributed by atoms with E-state index in [4.69, 9.17) is 5.73 Å². The SMILES string of the molecule is Cc1ccc(NC(C(N)=O)c2ccc(Br)cc2F)cc1. The number of nitrogens with two attached hydrogens (primary N) is 1. The van der Waals surface area contributed by atoms with Crippen LogP contribution in [0, 0.1) is 12.7 Å². The molecule has 0 aliphatic heterocycles. The molecular weight excluding hydrogens is 323 g/mol. The van der Waals surface area contributed by atoms with E-state index in [1.165, 1.54) is 12.1 Å². The van der Waals surface area contributed by atoms with E-state index in [9.17, 15) is 9.18 Å². The van der Waals surface area contributed by atoms with Crippen LogP contribution in [-0.2, 0) is 4.79 Å². The van der Waals surface area contributed by atoms with Gasteiger partial charge < -0.3 is 11.1 Å². The molecule has 1 amide bonds. The number of benzene rings is 2. The minimum Gasteiger partial charge on any atom is -0.370 e. The minimum atomic E-state index is -0.911. The molecule has 20 heavy (non-hydrogen) atoms. The van der Waals surface area contributed by atoms with Crippen LogP contribution in [0.25, 0.3) is 0 Å². The predicted octanol–water partition coefficient (Wildman–Crippen LogP) is 3.54. The van der Waals surface area contributed by atoms with Crippen molar-refractivity contribution in [2.45, 2.75) is 13.0 Å². The molecule has 0 saturated heterocycles. The summed E-state index contributed by atoms with van der Waals surface area (Å²) in [6.45, 7) is 1.96. The number of aryl methyl sites for hydroxylation is 1. The average molecular weight is 337 g/mol. The van der Waals surface area contributed by atoms with Crippen LogP contribution >= 0.6 is 15.9 Å². The summed E-state index contributed by atoms with van der Waals surface area (Å²) in [5, 5.41) is 2.95. The van der Waals surface area contributed by atoms with Gasteiger partial charge in [0.25, 0.3) is 0 Å². The van der Waals surface area contributed by atoms with E-state index in [0.717, 1.165) is 5.56 Å². The summed E-state index contributed by atoms with van der Waals surface area (Å²) >= 11 is 3.18. The van der Waals surface area contributed by atoms with Gasteiger partial charge in [-0.05, 0) is 31.2 Å². The lowest BCUT2D eigenvalue weighted by Gasteiger charge is -2.18. The fraction of sp³-hybridized carbons (Fsp3) is 0.133. The van der Waals surface area contributed by atoms with Crippen molar-refractivity contribution in [2.24, 2.45) is 5.73 Å². The van der Waals surface area contributed by atoms with Gasteiger partial charge in [0, 0.05) is 15.7 Å². The van der Waals surface area contributed by atoms with Crippen LogP contribution in [0.4, 0.5) is 10.1 Å². The molecule has 0 aliphatic rings. The van der Waals surface area contributed by atoms with Gasteiger partial charge >= 0.3 is 0 Å². The molecule has 104 valence electrons. The first-order valence-electron chi connectivity index (χ1n) is 6.05. The van der Waals surface area contributed by atoms with Crippen LogP contribution in [-0.4, -0.2) is 5.91 Å². The van der Waals surface area contributed by atoms with Crippen molar-refractivity contribution in [2.75, 3.05) is 5.32 Å². The summed E-state index contributed by atoms with van der Waals surface area (Å²) in [5.74, 6) is -1.12. The third-order valence-corrected chi connectivity index (χ3v) is 3.41. The minimum absolute atomic E-state index is 0.223. The number of nitrogens with one attached hydrogen (secondary N) is 1. The van der Waals surface area contributed by atoms with Crippen molar-refractivity contribution in [3.05, 3.63) is 63.9 Å². The molecule has 0 spiro atoms. The highest BCUT2D eigenvalue weighted by Crippen LogP contribution is 2.24. The first-order chi connectivity index (χ1) is 9.47. The molecule has 2 aromatic rings. The van der Waals surface area contributed by atoms with Gasteiger partial charge in [-0.2, -0.15) is 0 Å². The normalized spacial score (nSPS) is 11.9. The Morgan fingerprint density at radius 2 is 1.90 bits per heavy atom. The molecule has 0 radical (unpaired) electrons. The molecule has 5 heteroatoms. The maximum Gasteiger partial charge on any atom is 0.244 e. The highest BCUT2D eigenvalue weighted by molar-refractivity contribution is 9.10. The van der Waals surface area contributed by atoms with E-state index in [1.54, 1.807) is 6.07 Å². The Kier molecular flexibility index (Phi) is 4.39. The Bertz CT molecular complexity index is 628. The Morgan fingerprint density at radius 3 is 2.45 bits per heavy atom. The number of carbonyl (C=O) groups is 1. The maximum atomic E-state index is 13.9. The van der Waals surface area contributed by atoms with E-state index < -0.39 is 17.8 Å². The lowest BCUT2D eigenvalue weighted by molar-refractivity contribution is -0.118. The van der Waals surface area contributed by atoms with Gasteiger partial charge in [-0.15, -0.1) is 0 Å². The van der Waals surface area contributed by atoms with E-state index in [1.807, 2.05) is 31.2 Å². The molecule has 0 fully saturated rings. The quantitative estimate of drug-likeness (QED) is 0.897. The van der Waals surface area contributed by atoms with E-state index in [2.05, 4.69) is 21.2 Å². The summed E-state index contributed by atoms with van der Waals surface area (Å²) in [5.41, 5.74) is 7.41. The second-order valence-electron chi connectivity index (χ2n) is 4.51. The first-order valence-corrected chi connectivity index (χ1v) is 6.84. The van der Waals surface area contributed by atoms with Gasteiger partial charge in [0.2, 0.25) is 5.91 Å². The molecular formula is C15H14BrFN2O. The second kappa shape index (κ2) is 6.05. The van der Waals surface area contributed by atoms with Crippen molar-refractivity contribution in [1.82, 2.24) is 0 Å². The largest absolute Gasteiger partial charge is 0.370 e. The topological polar surface area (TPSA) is 55.1 Å². The molecule has 0 aromatic heterocycles. The van der Waals surface area contributed by atoms with Crippen LogP contribution in [0.2, 0.25) is 0 Å². The van der Waals surface area contributed by atoms with Crippen LogP contribution < -0.4 is 11.1 Å². The summed E-state index contributed by atoms with van der Waals surface area (Å²) in [4.78, 5) is 11.6. The number of carbonyl (C=O) groups excluding carboxylic acids is 1. The average Bonchev–Trinajstić information content (AvgIpc) is 2.39. The number of anilines is 1. The highest BCUT2D eigenvalue weighted by atomic mass is 79.9. The zero-order valence-electron chi connectivity index (χ0n) is 10.9. The zero-order valence-corrected chi connectivity index (χ0v) is 12.4. The van der Waals surface area contributed by atoms with Gasteiger partial charge in [0.1, 0.15) is 11.9 Å². The lowest BCUT2D eigenvalue weighted by Crippen LogP contribution is -2.28. The fourth-order valence-corrected chi connectivity index (χ4v) is 2.19. The summed E-state index contributed by atoms with van der Waals surface area (Å²) < 4.78 is 14.6. The Labute approximate surface area is 125 Å². The van der Waals surface area contributed by atoms with Crippen molar-refractivity contribution < 1.29 is 9.18 Å². The molecule has 1 atom stereocenters. The molecule has 3 N–H and O–H groups in total. The van der Waals surface area contributed by atoms with Crippen LogP contribution in [0.1, 0.15) is 17.2 Å². The van der Waals surface area contributed by atoms with E-state index in [0.29, 0.717) is 10.2 Å². The van der Waals surface area contributed by atoms with Gasteiger partial charge in [-0.1, -0.05) is 39.7 Å². The van der Waals surface area contributed by atoms with Gasteiger partial charge in [0.05, 0.1) is 0 Å². The smallest absolute Gasteiger partial charge is 0.244 e. The number of rotatable bonds is 4. The van der Waals surface area contributed by atoms with Crippen LogP contribution in [0.5, 0.6) is 0 Å². The van der Waals surface area contributed by atoms with Gasteiger partial charge in [0.15, 0.2) is 0 Å². The number of primary amides is 1. The molecule has 0 saturated carbocycles. The molecule has 2 aromatic carbocycles. The van der Waals surface area contributed by atoms with E-state index in [-0.39, 0.29) is 5.56 Å². The molecule has 0 heterocycles. The fourth-order valence-electron chi connectivity index (χ4n) is 1.85. The lowest BCUT2D eigenvalue weighted by atomic mass is 10.1. The first kappa shape index (κ1) is 14.5. The number of hydrogen-bond acceptors (Lipinski definition) is 2. The van der Waals surface area contributed by atoms with Crippen LogP contribution in [0.3, 0.4) is 0 Å². The third kappa shape index (κ3) is 3.36. The molecule has 1 unspecified atom stereocenters. The Hall–Kier alpha value is -1.88. The summed E-state index contributed by atoms with van der Waals surface area (Å²) in [6.07, 6.45) is 0. The Balaban J connectivity index is 2.31. The molecule has 3 nitrogen and oxygen atoms in total. The number of amides is 1. The van der Waals surface area contributed by atoms with Crippen molar-refractivity contribution >= 4 is 27.5 Å². The van der Waals surface area contributed by atoms with Gasteiger partial charge in [-0.3, -0.25) is 4.79 Å². The second-order valence-corrected chi connectivity index (χ2v) is 5.43.